The molecule has 0 saturated heterocycles. The number of hydrogen-bond donors (Lipinski definition) is 2. The molecule has 0 radical (unpaired) electrons. The van der Waals surface area contributed by atoms with Gasteiger partial charge in [-0.15, -0.1) is 10.2 Å². The lowest BCUT2D eigenvalue weighted by Crippen LogP contribution is -2.16. The van der Waals surface area contributed by atoms with Crippen molar-refractivity contribution in [3.05, 3.63) is 66.7 Å². The highest BCUT2D eigenvalue weighted by molar-refractivity contribution is 7.99. The van der Waals surface area contributed by atoms with Crippen molar-refractivity contribution in [1.29, 1.82) is 0 Å². The molecule has 0 bridgehead atoms. The Kier molecular flexibility index (Phi) is 5.35. The minimum absolute atomic E-state index is 0.145. The highest BCUT2D eigenvalue weighted by atomic mass is 32.2. The van der Waals surface area contributed by atoms with Crippen LogP contribution in [0.4, 0.5) is 5.69 Å². The standard InChI is InChI=1S/C21H19N5O2S/c1-28-18-12-5-4-10-16(18)20-24-25-21(26(20)22)29-13-19(27)23-17-11-6-8-14-7-2-3-9-15(14)17/h2-12H,13,22H2,1H3,(H,23,27). The summed E-state index contributed by atoms with van der Waals surface area (Å²) in [7, 11) is 1.59. The van der Waals surface area contributed by atoms with Crippen LogP contribution < -0.4 is 15.9 Å². The van der Waals surface area contributed by atoms with E-state index in [2.05, 4.69) is 15.5 Å². The van der Waals surface area contributed by atoms with Gasteiger partial charge in [-0.05, 0) is 23.6 Å². The molecule has 4 aromatic rings. The molecule has 29 heavy (non-hydrogen) atoms. The average molecular weight is 405 g/mol. The van der Waals surface area contributed by atoms with Gasteiger partial charge in [0.15, 0.2) is 5.82 Å². The summed E-state index contributed by atoms with van der Waals surface area (Å²) in [6, 6.07) is 21.1. The number of nitrogens with one attached hydrogen (secondary N) is 1. The molecule has 1 heterocycles. The van der Waals surface area contributed by atoms with E-state index >= 15 is 0 Å². The summed E-state index contributed by atoms with van der Waals surface area (Å²) in [6.07, 6.45) is 0. The monoisotopic (exact) mass is 405 g/mol. The number of thioether (sulfide) groups is 1. The first-order chi connectivity index (χ1) is 14.2. The molecular weight excluding hydrogens is 386 g/mol. The van der Waals surface area contributed by atoms with Gasteiger partial charge in [0.05, 0.1) is 18.4 Å². The first-order valence-electron chi connectivity index (χ1n) is 8.91. The van der Waals surface area contributed by atoms with E-state index in [1.54, 1.807) is 7.11 Å². The second kappa shape index (κ2) is 8.24. The number of rotatable bonds is 6. The lowest BCUT2D eigenvalue weighted by Gasteiger charge is -2.09. The number of fused-ring (bicyclic) bond motifs is 1. The zero-order valence-electron chi connectivity index (χ0n) is 15.7. The Bertz CT molecular complexity index is 1170. The van der Waals surface area contributed by atoms with E-state index in [9.17, 15) is 4.79 Å². The fourth-order valence-electron chi connectivity index (χ4n) is 3.04. The Labute approximate surface area is 171 Å². The number of methoxy groups -OCH3 is 1. The minimum Gasteiger partial charge on any atom is -0.496 e. The summed E-state index contributed by atoms with van der Waals surface area (Å²) in [4.78, 5) is 12.5. The largest absolute Gasteiger partial charge is 0.496 e. The predicted molar refractivity (Wildman–Crippen MR) is 115 cm³/mol. The third-order valence-electron chi connectivity index (χ3n) is 4.41. The van der Waals surface area contributed by atoms with Gasteiger partial charge in [-0.2, -0.15) is 0 Å². The molecule has 7 nitrogen and oxygen atoms in total. The van der Waals surface area contributed by atoms with Gasteiger partial charge >= 0.3 is 0 Å². The summed E-state index contributed by atoms with van der Waals surface area (Å²) in [6.45, 7) is 0. The number of carbonyl (C=O) groups excluding carboxylic acids is 1. The molecule has 0 spiro atoms. The molecule has 1 aromatic heterocycles. The molecule has 8 heteroatoms. The summed E-state index contributed by atoms with van der Waals surface area (Å²) in [5.41, 5.74) is 1.51. The van der Waals surface area contributed by atoms with Crippen molar-refractivity contribution >= 4 is 34.1 Å². The molecule has 146 valence electrons. The summed E-state index contributed by atoms with van der Waals surface area (Å²) in [5, 5.41) is 13.7. The lowest BCUT2D eigenvalue weighted by molar-refractivity contribution is -0.113. The topological polar surface area (TPSA) is 95.1 Å². The molecule has 4 rings (SSSR count). The number of ether oxygens (including phenoxy) is 1. The Morgan fingerprint density at radius 2 is 1.83 bits per heavy atom. The van der Waals surface area contributed by atoms with Gasteiger partial charge in [-0.3, -0.25) is 4.79 Å². The van der Waals surface area contributed by atoms with Crippen LogP contribution in [0.1, 0.15) is 0 Å². The lowest BCUT2D eigenvalue weighted by atomic mass is 10.1. The van der Waals surface area contributed by atoms with Crippen molar-refractivity contribution in [2.45, 2.75) is 5.16 Å². The fraction of sp³-hybridized carbons (Fsp3) is 0.0952. The molecule has 0 saturated carbocycles. The highest BCUT2D eigenvalue weighted by Crippen LogP contribution is 2.29. The Hall–Kier alpha value is -3.52. The van der Waals surface area contributed by atoms with E-state index in [0.717, 1.165) is 22.0 Å². The normalized spacial score (nSPS) is 10.8. The molecule has 0 unspecified atom stereocenters. The number of hydrogen-bond acceptors (Lipinski definition) is 6. The Balaban J connectivity index is 1.47. The maximum absolute atomic E-state index is 12.5. The molecule has 0 aliphatic carbocycles. The summed E-state index contributed by atoms with van der Waals surface area (Å²) < 4.78 is 6.72. The maximum atomic E-state index is 12.5. The molecular formula is C21H19N5O2S. The van der Waals surface area contributed by atoms with E-state index in [0.29, 0.717) is 16.7 Å². The smallest absolute Gasteiger partial charge is 0.234 e. The zero-order chi connectivity index (χ0) is 20.2. The van der Waals surface area contributed by atoms with Crippen LogP contribution in [0.2, 0.25) is 0 Å². The number of benzene rings is 3. The van der Waals surface area contributed by atoms with Gasteiger partial charge in [0.1, 0.15) is 5.75 Å². The molecule has 3 aromatic carbocycles. The molecule has 0 atom stereocenters. The quantitative estimate of drug-likeness (QED) is 0.376. The van der Waals surface area contributed by atoms with Crippen molar-refractivity contribution in [2.24, 2.45) is 0 Å². The Morgan fingerprint density at radius 3 is 2.69 bits per heavy atom. The predicted octanol–water partition coefficient (Wildman–Crippen LogP) is 3.55. The number of carbonyl (C=O) groups is 1. The van der Waals surface area contributed by atoms with Gasteiger partial charge in [-0.25, -0.2) is 4.68 Å². The molecule has 3 N–H and O–H groups in total. The number of aromatic nitrogens is 3. The summed E-state index contributed by atoms with van der Waals surface area (Å²) >= 11 is 1.22. The average Bonchev–Trinajstić information content (AvgIpc) is 3.12. The van der Waals surface area contributed by atoms with Crippen LogP contribution in [-0.2, 0) is 4.79 Å². The van der Waals surface area contributed by atoms with Crippen LogP contribution in [0.5, 0.6) is 5.75 Å². The number of para-hydroxylation sites is 1. The van der Waals surface area contributed by atoms with Crippen LogP contribution in [0, 0.1) is 0 Å². The number of nitrogens with two attached hydrogens (primary N) is 1. The fourth-order valence-corrected chi connectivity index (χ4v) is 3.70. The highest BCUT2D eigenvalue weighted by Gasteiger charge is 2.17. The molecule has 1 amide bonds. The van der Waals surface area contributed by atoms with Crippen molar-refractivity contribution in [2.75, 3.05) is 24.0 Å². The maximum Gasteiger partial charge on any atom is 0.234 e. The van der Waals surface area contributed by atoms with Gasteiger partial charge in [0.2, 0.25) is 11.1 Å². The second-order valence-corrected chi connectivity index (χ2v) is 7.18. The van der Waals surface area contributed by atoms with Crippen LogP contribution in [0.25, 0.3) is 22.2 Å². The van der Waals surface area contributed by atoms with Crippen LogP contribution in [-0.4, -0.2) is 33.6 Å². The van der Waals surface area contributed by atoms with Gasteiger partial charge in [0.25, 0.3) is 0 Å². The first-order valence-corrected chi connectivity index (χ1v) is 9.90. The summed E-state index contributed by atoms with van der Waals surface area (Å²) in [5.74, 6) is 7.29. The van der Waals surface area contributed by atoms with Crippen LogP contribution >= 0.6 is 11.8 Å². The third kappa shape index (κ3) is 3.88. The van der Waals surface area contributed by atoms with Crippen molar-refractivity contribution in [3.8, 4) is 17.1 Å². The molecule has 0 fully saturated rings. The number of nitrogen functional groups attached to an aromatic ring is 1. The SMILES string of the molecule is COc1ccccc1-c1nnc(SCC(=O)Nc2cccc3ccccc23)n1N. The van der Waals surface area contributed by atoms with E-state index < -0.39 is 0 Å². The number of amides is 1. The zero-order valence-corrected chi connectivity index (χ0v) is 16.5. The van der Waals surface area contributed by atoms with Crippen LogP contribution in [0.3, 0.4) is 0 Å². The minimum atomic E-state index is -0.145. The Morgan fingerprint density at radius 1 is 1.07 bits per heavy atom. The van der Waals surface area contributed by atoms with E-state index in [1.807, 2.05) is 66.7 Å². The number of anilines is 1. The second-order valence-electron chi connectivity index (χ2n) is 6.24. The van der Waals surface area contributed by atoms with E-state index in [4.69, 9.17) is 10.6 Å². The van der Waals surface area contributed by atoms with Crippen molar-refractivity contribution in [1.82, 2.24) is 14.9 Å². The van der Waals surface area contributed by atoms with E-state index in [-0.39, 0.29) is 11.7 Å². The molecule has 0 aliphatic heterocycles. The number of nitrogens with zero attached hydrogens (tertiary/aromatic N) is 3. The van der Waals surface area contributed by atoms with E-state index in [1.165, 1.54) is 16.4 Å². The van der Waals surface area contributed by atoms with Crippen molar-refractivity contribution in [3.63, 3.8) is 0 Å². The first kappa shape index (κ1) is 18.8. The van der Waals surface area contributed by atoms with Gasteiger partial charge in [0, 0.05) is 11.1 Å². The van der Waals surface area contributed by atoms with Gasteiger partial charge in [-0.1, -0.05) is 60.3 Å². The molecule has 0 aliphatic rings. The van der Waals surface area contributed by atoms with Crippen molar-refractivity contribution < 1.29 is 9.53 Å². The third-order valence-corrected chi connectivity index (χ3v) is 5.35. The van der Waals surface area contributed by atoms with Gasteiger partial charge < -0.3 is 15.9 Å². The van der Waals surface area contributed by atoms with Crippen LogP contribution in [0.15, 0.2) is 71.9 Å².